The molecule has 0 saturated carbocycles. The minimum Gasteiger partial charge on any atom is -0.379 e. The van der Waals surface area contributed by atoms with Crippen LogP contribution in [0, 0.1) is 0 Å². The lowest BCUT2D eigenvalue weighted by Crippen LogP contribution is -2.27. The average molecular weight is 344 g/mol. The first-order valence-electron chi connectivity index (χ1n) is 7.11. The number of rotatable bonds is 9. The van der Waals surface area contributed by atoms with Gasteiger partial charge in [-0.3, -0.25) is 0 Å². The number of likely N-dealkylation sites (N-methyl/N-ethyl adjacent to an activating group) is 1. The van der Waals surface area contributed by atoms with E-state index in [1.54, 1.807) is 7.11 Å². The number of methoxy groups -OCH3 is 1. The molecule has 0 aromatic heterocycles. The van der Waals surface area contributed by atoms with Crippen molar-refractivity contribution >= 4 is 15.9 Å². The van der Waals surface area contributed by atoms with E-state index in [4.69, 9.17) is 9.47 Å². The summed E-state index contributed by atoms with van der Waals surface area (Å²) in [6.45, 7) is 8.72. The fraction of sp³-hybridized carbons (Fsp3) is 0.625. The maximum Gasteiger partial charge on any atom is 0.0949 e. The molecule has 0 aliphatic rings. The highest BCUT2D eigenvalue weighted by molar-refractivity contribution is 9.10. The second kappa shape index (κ2) is 8.78. The maximum atomic E-state index is 6.05. The second-order valence-corrected chi connectivity index (χ2v) is 6.35. The molecule has 0 saturated heterocycles. The first kappa shape index (κ1) is 17.6. The van der Waals surface area contributed by atoms with Crippen LogP contribution in [0.4, 0.5) is 0 Å². The summed E-state index contributed by atoms with van der Waals surface area (Å²) in [7, 11) is 1.74. The minimum absolute atomic E-state index is 0.0794. The van der Waals surface area contributed by atoms with Crippen molar-refractivity contribution in [2.45, 2.75) is 38.9 Å². The monoisotopic (exact) mass is 343 g/mol. The number of hydrogen-bond donors (Lipinski definition) is 1. The average Bonchev–Trinajstić information content (AvgIpc) is 2.43. The van der Waals surface area contributed by atoms with E-state index >= 15 is 0 Å². The van der Waals surface area contributed by atoms with Gasteiger partial charge in [0.2, 0.25) is 0 Å². The van der Waals surface area contributed by atoms with Crippen molar-refractivity contribution in [1.29, 1.82) is 0 Å². The van der Waals surface area contributed by atoms with Crippen LogP contribution in [-0.2, 0) is 9.47 Å². The third-order valence-corrected chi connectivity index (χ3v) is 3.93. The summed E-state index contributed by atoms with van der Waals surface area (Å²) in [6, 6.07) is 8.31. The Labute approximate surface area is 131 Å². The molecule has 4 heteroatoms. The molecule has 1 rings (SSSR count). The van der Waals surface area contributed by atoms with Crippen molar-refractivity contribution in [3.05, 3.63) is 34.3 Å². The first-order chi connectivity index (χ1) is 9.48. The molecule has 114 valence electrons. The van der Waals surface area contributed by atoms with Crippen LogP contribution < -0.4 is 5.32 Å². The van der Waals surface area contributed by atoms with E-state index in [1.807, 2.05) is 0 Å². The number of ether oxygens (including phenoxy) is 2. The van der Waals surface area contributed by atoms with Crippen molar-refractivity contribution in [3.63, 3.8) is 0 Å². The molecule has 1 aromatic rings. The van der Waals surface area contributed by atoms with Crippen molar-refractivity contribution in [1.82, 2.24) is 5.32 Å². The van der Waals surface area contributed by atoms with Crippen LogP contribution >= 0.6 is 15.9 Å². The van der Waals surface area contributed by atoms with Gasteiger partial charge in [0.05, 0.1) is 18.3 Å². The Balaban J connectivity index is 2.58. The van der Waals surface area contributed by atoms with Crippen LogP contribution in [-0.4, -0.2) is 32.4 Å². The normalized spacial score (nSPS) is 13.4. The quantitative estimate of drug-likeness (QED) is 0.736. The van der Waals surface area contributed by atoms with E-state index in [0.29, 0.717) is 6.61 Å². The highest BCUT2D eigenvalue weighted by Crippen LogP contribution is 2.21. The summed E-state index contributed by atoms with van der Waals surface area (Å²) in [5, 5.41) is 3.36. The fourth-order valence-electron chi connectivity index (χ4n) is 1.77. The molecular formula is C16H26BrNO2. The van der Waals surface area contributed by atoms with Gasteiger partial charge in [0.1, 0.15) is 0 Å². The van der Waals surface area contributed by atoms with Crippen molar-refractivity contribution in [2.75, 3.05) is 26.8 Å². The Bertz CT molecular complexity index is 379. The van der Waals surface area contributed by atoms with Gasteiger partial charge < -0.3 is 14.8 Å². The molecule has 0 bridgehead atoms. The van der Waals surface area contributed by atoms with Gasteiger partial charge in [0.15, 0.2) is 0 Å². The van der Waals surface area contributed by atoms with Crippen molar-refractivity contribution in [2.24, 2.45) is 0 Å². The van der Waals surface area contributed by atoms with E-state index in [1.165, 1.54) is 5.56 Å². The Morgan fingerprint density at radius 1 is 1.25 bits per heavy atom. The number of hydrogen-bond acceptors (Lipinski definition) is 3. The molecular weight excluding hydrogens is 318 g/mol. The van der Waals surface area contributed by atoms with Gasteiger partial charge >= 0.3 is 0 Å². The van der Waals surface area contributed by atoms with Crippen molar-refractivity contribution in [3.8, 4) is 0 Å². The van der Waals surface area contributed by atoms with Crippen LogP contribution in [0.2, 0.25) is 0 Å². The van der Waals surface area contributed by atoms with Gasteiger partial charge in [-0.15, -0.1) is 0 Å². The predicted octanol–water partition coefficient (Wildman–Crippen LogP) is 3.93. The molecule has 0 amide bonds. The first-order valence-corrected chi connectivity index (χ1v) is 7.90. The molecule has 1 N–H and O–H groups in total. The zero-order chi connectivity index (χ0) is 15.0. The highest BCUT2D eigenvalue weighted by atomic mass is 79.9. The van der Waals surface area contributed by atoms with Gasteiger partial charge in [-0.05, 0) is 44.5 Å². The Kier molecular flexibility index (Phi) is 7.74. The third-order valence-electron chi connectivity index (χ3n) is 3.40. The lowest BCUT2D eigenvalue weighted by molar-refractivity contribution is -0.0271. The molecule has 0 heterocycles. The van der Waals surface area contributed by atoms with Crippen LogP contribution in [0.25, 0.3) is 0 Å². The Morgan fingerprint density at radius 3 is 2.45 bits per heavy atom. The Hall–Kier alpha value is -0.420. The van der Waals surface area contributed by atoms with Gasteiger partial charge in [-0.1, -0.05) is 35.0 Å². The molecule has 20 heavy (non-hydrogen) atoms. The molecule has 0 radical (unpaired) electrons. The van der Waals surface area contributed by atoms with Gasteiger partial charge in [-0.25, -0.2) is 0 Å². The maximum absolute atomic E-state index is 6.05. The standard InChI is InChI=1S/C16H26BrNO2/c1-5-18-12-15(13-6-8-14(17)9-7-13)20-11-10-16(2,3)19-4/h6-9,15,18H,5,10-12H2,1-4H3. The fourth-order valence-corrected chi connectivity index (χ4v) is 2.04. The topological polar surface area (TPSA) is 30.5 Å². The highest BCUT2D eigenvalue weighted by Gasteiger charge is 2.18. The van der Waals surface area contributed by atoms with Crippen molar-refractivity contribution < 1.29 is 9.47 Å². The largest absolute Gasteiger partial charge is 0.379 e. The van der Waals surface area contributed by atoms with E-state index in [9.17, 15) is 0 Å². The molecule has 3 nitrogen and oxygen atoms in total. The molecule has 0 fully saturated rings. The van der Waals surface area contributed by atoms with E-state index in [2.05, 4.69) is 66.3 Å². The van der Waals surface area contributed by atoms with E-state index < -0.39 is 0 Å². The summed E-state index contributed by atoms with van der Waals surface area (Å²) in [6.07, 6.45) is 0.957. The zero-order valence-corrected chi connectivity index (χ0v) is 14.5. The van der Waals surface area contributed by atoms with Gasteiger partial charge in [-0.2, -0.15) is 0 Å². The number of nitrogens with one attached hydrogen (secondary N) is 1. The summed E-state index contributed by atoms with van der Waals surface area (Å²) in [4.78, 5) is 0. The molecule has 1 aromatic carbocycles. The van der Waals surface area contributed by atoms with Crippen LogP contribution in [0.1, 0.15) is 38.9 Å². The third kappa shape index (κ3) is 6.35. The number of halogens is 1. The lowest BCUT2D eigenvalue weighted by Gasteiger charge is -2.25. The predicted molar refractivity (Wildman–Crippen MR) is 87.1 cm³/mol. The number of benzene rings is 1. The Morgan fingerprint density at radius 2 is 1.90 bits per heavy atom. The van der Waals surface area contributed by atoms with Gasteiger partial charge in [0.25, 0.3) is 0 Å². The molecule has 0 spiro atoms. The molecule has 1 unspecified atom stereocenters. The molecule has 0 aliphatic heterocycles. The van der Waals surface area contributed by atoms with Crippen LogP contribution in [0.3, 0.4) is 0 Å². The summed E-state index contributed by atoms with van der Waals surface area (Å²) < 4.78 is 12.6. The minimum atomic E-state index is -0.136. The van der Waals surface area contributed by atoms with Crippen LogP contribution in [0.5, 0.6) is 0 Å². The molecule has 0 aliphatic carbocycles. The second-order valence-electron chi connectivity index (χ2n) is 5.43. The van der Waals surface area contributed by atoms with Gasteiger partial charge in [0, 0.05) is 18.1 Å². The zero-order valence-electron chi connectivity index (χ0n) is 12.9. The smallest absolute Gasteiger partial charge is 0.0949 e. The summed E-state index contributed by atoms with van der Waals surface area (Å²) in [5.41, 5.74) is 1.06. The summed E-state index contributed by atoms with van der Waals surface area (Å²) in [5.74, 6) is 0. The van der Waals surface area contributed by atoms with E-state index in [0.717, 1.165) is 24.0 Å². The lowest BCUT2D eigenvalue weighted by atomic mass is 10.1. The summed E-state index contributed by atoms with van der Waals surface area (Å²) >= 11 is 3.46. The molecule has 1 atom stereocenters. The van der Waals surface area contributed by atoms with E-state index in [-0.39, 0.29) is 11.7 Å². The SMILES string of the molecule is CCNCC(OCCC(C)(C)OC)c1ccc(Br)cc1. The van der Waals surface area contributed by atoms with Crippen LogP contribution in [0.15, 0.2) is 28.7 Å².